The van der Waals surface area contributed by atoms with E-state index in [1.165, 1.54) is 0 Å². The maximum absolute atomic E-state index is 12.6. The lowest BCUT2D eigenvalue weighted by Crippen LogP contribution is -2.71. The van der Waals surface area contributed by atoms with Gasteiger partial charge in [0.05, 0.1) is 0 Å². The first-order valence-electron chi connectivity index (χ1n) is 6.58. The monoisotopic (exact) mass is 240 g/mol. The zero-order valence-corrected chi connectivity index (χ0v) is 11.5. The van der Waals surface area contributed by atoms with Gasteiger partial charge in [-0.1, -0.05) is 20.8 Å². The van der Waals surface area contributed by atoms with Gasteiger partial charge in [0.15, 0.2) is 0 Å². The van der Waals surface area contributed by atoms with Gasteiger partial charge in [0.1, 0.15) is 11.6 Å². The van der Waals surface area contributed by atoms with Crippen molar-refractivity contribution in [2.75, 3.05) is 0 Å². The molecular formula is C13H24N2O2. The Morgan fingerprint density at radius 3 is 2.12 bits per heavy atom. The largest absolute Gasteiger partial charge is 0.340 e. The van der Waals surface area contributed by atoms with Gasteiger partial charge in [0.25, 0.3) is 0 Å². The fourth-order valence-corrected chi connectivity index (χ4v) is 2.59. The maximum Gasteiger partial charge on any atom is 0.249 e. The topological polar surface area (TPSA) is 49.4 Å². The molecule has 0 radical (unpaired) electrons. The quantitative estimate of drug-likeness (QED) is 0.813. The Morgan fingerprint density at radius 2 is 1.76 bits per heavy atom. The highest BCUT2D eigenvalue weighted by Gasteiger charge is 2.48. The van der Waals surface area contributed by atoms with Gasteiger partial charge in [-0.05, 0) is 33.1 Å². The molecule has 1 rings (SSSR count). The molecule has 4 heteroatoms. The summed E-state index contributed by atoms with van der Waals surface area (Å²) in [7, 11) is 0. The van der Waals surface area contributed by atoms with Crippen LogP contribution < -0.4 is 5.32 Å². The molecule has 0 spiro atoms. The number of nitrogens with zero attached hydrogens (tertiary/aromatic N) is 1. The number of carbonyl (C=O) groups excluding carboxylic acids is 2. The summed E-state index contributed by atoms with van der Waals surface area (Å²) in [5, 5.41) is 2.93. The predicted molar refractivity (Wildman–Crippen MR) is 67.5 cm³/mol. The van der Waals surface area contributed by atoms with Gasteiger partial charge in [0.2, 0.25) is 11.8 Å². The minimum Gasteiger partial charge on any atom is -0.340 e. The molecule has 98 valence electrons. The molecule has 0 saturated carbocycles. The van der Waals surface area contributed by atoms with E-state index in [0.29, 0.717) is 19.3 Å². The van der Waals surface area contributed by atoms with Crippen LogP contribution in [0.15, 0.2) is 0 Å². The number of rotatable bonds is 4. The van der Waals surface area contributed by atoms with Crippen LogP contribution in [0.5, 0.6) is 0 Å². The summed E-state index contributed by atoms with van der Waals surface area (Å²) in [6.45, 7) is 9.78. The van der Waals surface area contributed by atoms with Crippen molar-refractivity contribution in [1.82, 2.24) is 10.2 Å². The Hall–Kier alpha value is -1.06. The van der Waals surface area contributed by atoms with Crippen molar-refractivity contribution in [2.45, 2.75) is 71.5 Å². The number of nitrogens with one attached hydrogen (secondary N) is 1. The van der Waals surface area contributed by atoms with E-state index in [2.05, 4.69) is 5.32 Å². The molecule has 1 unspecified atom stereocenters. The summed E-state index contributed by atoms with van der Waals surface area (Å²) in [5.41, 5.74) is -0.687. The van der Waals surface area contributed by atoms with E-state index in [9.17, 15) is 9.59 Å². The highest BCUT2D eigenvalue weighted by molar-refractivity contribution is 5.99. The van der Waals surface area contributed by atoms with Gasteiger partial charge in [0, 0.05) is 6.04 Å². The maximum atomic E-state index is 12.6. The second-order valence-electron chi connectivity index (χ2n) is 5.01. The van der Waals surface area contributed by atoms with Crippen molar-refractivity contribution in [1.29, 1.82) is 0 Å². The van der Waals surface area contributed by atoms with E-state index in [-0.39, 0.29) is 23.9 Å². The first-order valence-corrected chi connectivity index (χ1v) is 6.58. The second-order valence-corrected chi connectivity index (χ2v) is 5.01. The summed E-state index contributed by atoms with van der Waals surface area (Å²) < 4.78 is 0. The summed E-state index contributed by atoms with van der Waals surface area (Å²) in [6.07, 6.45) is 1.96. The van der Waals surface area contributed by atoms with E-state index >= 15 is 0 Å². The Morgan fingerprint density at radius 1 is 1.24 bits per heavy atom. The third kappa shape index (κ3) is 2.17. The SMILES string of the molecule is CCC1C(=O)NC(CC)(CC)C(=O)N1C(C)C. The first-order chi connectivity index (χ1) is 7.93. The van der Waals surface area contributed by atoms with Crippen LogP contribution in [0.1, 0.15) is 53.9 Å². The van der Waals surface area contributed by atoms with Gasteiger partial charge in [-0.25, -0.2) is 0 Å². The van der Waals surface area contributed by atoms with Crippen LogP contribution in [0.25, 0.3) is 0 Å². The Labute approximate surface area is 104 Å². The third-order valence-corrected chi connectivity index (χ3v) is 3.79. The zero-order valence-electron chi connectivity index (χ0n) is 11.5. The average molecular weight is 240 g/mol. The van der Waals surface area contributed by atoms with Crippen molar-refractivity contribution in [2.24, 2.45) is 0 Å². The standard InChI is InChI=1S/C13H24N2O2/c1-6-10-11(16)14-13(7-2,8-3)12(17)15(10)9(4)5/h9-10H,6-8H2,1-5H3,(H,14,16). The number of amides is 2. The first kappa shape index (κ1) is 14.0. The highest BCUT2D eigenvalue weighted by atomic mass is 16.2. The van der Waals surface area contributed by atoms with Crippen LogP contribution >= 0.6 is 0 Å². The molecule has 0 aromatic rings. The molecule has 4 nitrogen and oxygen atoms in total. The van der Waals surface area contributed by atoms with E-state index < -0.39 is 5.54 Å². The Kier molecular flexibility index (Phi) is 4.17. The molecule has 1 atom stereocenters. The van der Waals surface area contributed by atoms with E-state index in [1.54, 1.807) is 4.90 Å². The molecule has 1 fully saturated rings. The molecule has 1 heterocycles. The predicted octanol–water partition coefficient (Wildman–Crippen LogP) is 1.69. The van der Waals surface area contributed by atoms with Gasteiger partial charge >= 0.3 is 0 Å². The summed E-state index contributed by atoms with van der Waals surface area (Å²) in [5.74, 6) is 0.0634. The zero-order chi connectivity index (χ0) is 13.2. The molecule has 1 aliphatic rings. The summed E-state index contributed by atoms with van der Waals surface area (Å²) in [6, 6.07) is -0.246. The molecule has 0 bridgehead atoms. The minimum absolute atomic E-state index is 0.00972. The van der Waals surface area contributed by atoms with Crippen LogP contribution in [0.4, 0.5) is 0 Å². The Bertz CT molecular complexity index is 309. The van der Waals surface area contributed by atoms with Crippen molar-refractivity contribution < 1.29 is 9.59 Å². The summed E-state index contributed by atoms with van der Waals surface area (Å²) in [4.78, 5) is 26.4. The molecule has 1 saturated heterocycles. The molecule has 1 N–H and O–H groups in total. The number of carbonyl (C=O) groups is 2. The smallest absolute Gasteiger partial charge is 0.249 e. The van der Waals surface area contributed by atoms with E-state index in [4.69, 9.17) is 0 Å². The van der Waals surface area contributed by atoms with Gasteiger partial charge in [-0.3, -0.25) is 9.59 Å². The van der Waals surface area contributed by atoms with Crippen LogP contribution in [0.2, 0.25) is 0 Å². The lowest BCUT2D eigenvalue weighted by Gasteiger charge is -2.47. The van der Waals surface area contributed by atoms with Crippen LogP contribution in [-0.4, -0.2) is 34.3 Å². The number of hydrogen-bond acceptors (Lipinski definition) is 2. The van der Waals surface area contributed by atoms with Gasteiger partial charge in [-0.2, -0.15) is 0 Å². The molecule has 0 aromatic carbocycles. The number of piperazine rings is 1. The van der Waals surface area contributed by atoms with Crippen LogP contribution in [0.3, 0.4) is 0 Å². The molecule has 1 aliphatic heterocycles. The van der Waals surface area contributed by atoms with Crippen molar-refractivity contribution in [3.05, 3.63) is 0 Å². The number of hydrogen-bond donors (Lipinski definition) is 1. The fourth-order valence-electron chi connectivity index (χ4n) is 2.59. The normalized spacial score (nSPS) is 24.1. The molecule has 0 aromatic heterocycles. The minimum atomic E-state index is -0.687. The molecule has 2 amide bonds. The van der Waals surface area contributed by atoms with Crippen LogP contribution in [0, 0.1) is 0 Å². The van der Waals surface area contributed by atoms with Crippen molar-refractivity contribution >= 4 is 11.8 Å². The molecular weight excluding hydrogens is 216 g/mol. The molecule has 0 aliphatic carbocycles. The highest BCUT2D eigenvalue weighted by Crippen LogP contribution is 2.27. The lowest BCUT2D eigenvalue weighted by atomic mass is 9.86. The van der Waals surface area contributed by atoms with Gasteiger partial charge in [-0.15, -0.1) is 0 Å². The van der Waals surface area contributed by atoms with Crippen molar-refractivity contribution in [3.63, 3.8) is 0 Å². The molecule has 17 heavy (non-hydrogen) atoms. The Balaban J connectivity index is 3.14. The lowest BCUT2D eigenvalue weighted by molar-refractivity contribution is -0.157. The van der Waals surface area contributed by atoms with Crippen molar-refractivity contribution in [3.8, 4) is 0 Å². The van der Waals surface area contributed by atoms with Gasteiger partial charge < -0.3 is 10.2 Å². The van der Waals surface area contributed by atoms with E-state index in [1.807, 2.05) is 34.6 Å². The van der Waals surface area contributed by atoms with E-state index in [0.717, 1.165) is 0 Å². The summed E-state index contributed by atoms with van der Waals surface area (Å²) >= 11 is 0. The average Bonchev–Trinajstić information content (AvgIpc) is 2.30. The fraction of sp³-hybridized carbons (Fsp3) is 0.846. The second kappa shape index (κ2) is 5.07. The van der Waals surface area contributed by atoms with Crippen LogP contribution in [-0.2, 0) is 9.59 Å². The third-order valence-electron chi connectivity index (χ3n) is 3.79.